The molecule has 2 rings (SSSR count). The van der Waals surface area contributed by atoms with Gasteiger partial charge in [-0.25, -0.2) is 8.42 Å². The molecule has 1 heterocycles. The molecule has 27 heavy (non-hydrogen) atoms. The van der Waals surface area contributed by atoms with Crippen molar-refractivity contribution in [3.05, 3.63) is 45.5 Å². The van der Waals surface area contributed by atoms with Crippen molar-refractivity contribution >= 4 is 27.5 Å². The van der Waals surface area contributed by atoms with E-state index >= 15 is 0 Å². The summed E-state index contributed by atoms with van der Waals surface area (Å²) in [7, 11) is -3.44. The van der Waals surface area contributed by atoms with Gasteiger partial charge in [0.1, 0.15) is 11.0 Å². The first-order chi connectivity index (χ1) is 12.7. The van der Waals surface area contributed by atoms with E-state index in [4.69, 9.17) is 11.6 Å². The van der Waals surface area contributed by atoms with Gasteiger partial charge >= 0.3 is 0 Å². The molecular weight excluding hydrogens is 388 g/mol. The third kappa shape index (κ3) is 5.35. The Balaban J connectivity index is 2.14. The topological polar surface area (TPSA) is 94.8 Å². The van der Waals surface area contributed by atoms with Crippen molar-refractivity contribution in [1.29, 1.82) is 0 Å². The number of aliphatic hydroxyl groups is 2. The monoisotopic (exact) mass is 414 g/mol. The molecule has 0 unspecified atom stereocenters. The van der Waals surface area contributed by atoms with Crippen LogP contribution in [-0.2, 0) is 9.84 Å². The number of hydrogen-bond donors (Lipinski definition) is 3. The predicted octanol–water partition coefficient (Wildman–Crippen LogP) is 3.48. The molecule has 0 saturated carbocycles. The third-order valence-corrected chi connectivity index (χ3v) is 7.19. The zero-order valence-electron chi connectivity index (χ0n) is 15.7. The van der Waals surface area contributed by atoms with Crippen LogP contribution in [0.2, 0.25) is 5.02 Å². The summed E-state index contributed by atoms with van der Waals surface area (Å²) < 4.78 is 24.6. The van der Waals surface area contributed by atoms with Gasteiger partial charge in [-0.2, -0.15) is 0 Å². The predicted molar refractivity (Wildman–Crippen MR) is 109 cm³/mol. The molecule has 5 nitrogen and oxygen atoms in total. The number of benzene rings is 1. The molecule has 1 aliphatic rings. The molecule has 0 aromatic heterocycles. The quantitative estimate of drug-likeness (QED) is 0.566. The number of aromatic hydroxyl groups is 1. The number of allylic oxidation sites excluding steroid dienone is 1. The van der Waals surface area contributed by atoms with Gasteiger partial charge in [0.2, 0.25) is 0 Å². The Hall–Kier alpha value is -1.34. The zero-order chi connectivity index (χ0) is 20.2. The van der Waals surface area contributed by atoms with Crippen LogP contribution >= 0.6 is 11.6 Å². The molecule has 0 bridgehead atoms. The highest BCUT2D eigenvalue weighted by atomic mass is 35.5. The van der Waals surface area contributed by atoms with Crippen molar-refractivity contribution in [2.24, 2.45) is 0 Å². The van der Waals surface area contributed by atoms with Crippen LogP contribution in [0.1, 0.15) is 45.1 Å². The van der Waals surface area contributed by atoms with Crippen LogP contribution in [0.4, 0.5) is 0 Å². The highest BCUT2D eigenvalue weighted by molar-refractivity contribution is 7.92. The van der Waals surface area contributed by atoms with Gasteiger partial charge in [-0.1, -0.05) is 42.2 Å². The molecular formula is C20H27ClO5S. The summed E-state index contributed by atoms with van der Waals surface area (Å²) in [6.45, 7) is 3.37. The average molecular weight is 415 g/mol. The van der Waals surface area contributed by atoms with Crippen molar-refractivity contribution in [3.8, 4) is 5.75 Å². The van der Waals surface area contributed by atoms with E-state index in [0.717, 1.165) is 23.1 Å². The lowest BCUT2D eigenvalue weighted by Crippen LogP contribution is -2.29. The Bertz CT molecular complexity index is 842. The van der Waals surface area contributed by atoms with Crippen LogP contribution in [0.15, 0.2) is 34.9 Å². The maximum absolute atomic E-state index is 12.3. The van der Waals surface area contributed by atoms with Gasteiger partial charge < -0.3 is 15.3 Å². The van der Waals surface area contributed by atoms with Crippen molar-refractivity contribution in [3.63, 3.8) is 0 Å². The Morgan fingerprint density at radius 2 is 2.11 bits per heavy atom. The van der Waals surface area contributed by atoms with Crippen molar-refractivity contribution in [2.75, 3.05) is 12.4 Å². The summed E-state index contributed by atoms with van der Waals surface area (Å²) in [6.07, 6.45) is 3.30. The van der Waals surface area contributed by atoms with E-state index in [9.17, 15) is 23.7 Å². The van der Waals surface area contributed by atoms with Crippen molar-refractivity contribution in [1.82, 2.24) is 0 Å². The van der Waals surface area contributed by atoms with Crippen LogP contribution in [0.5, 0.6) is 5.75 Å². The van der Waals surface area contributed by atoms with Gasteiger partial charge in [-0.15, -0.1) is 0 Å². The zero-order valence-corrected chi connectivity index (χ0v) is 17.2. The maximum atomic E-state index is 12.3. The highest BCUT2D eigenvalue weighted by Crippen LogP contribution is 2.34. The SMILES string of the molecule is CCCC1=C([C@H](O)CC/C(C)=C/c2ccc(O)cc2Cl)[C@H](CO)S(=O)(=O)C1. The smallest absolute Gasteiger partial charge is 0.163 e. The van der Waals surface area contributed by atoms with E-state index in [-0.39, 0.29) is 11.5 Å². The summed E-state index contributed by atoms with van der Waals surface area (Å²) in [4.78, 5) is 0. The van der Waals surface area contributed by atoms with Crippen LogP contribution < -0.4 is 0 Å². The standard InChI is InChI=1S/C20H27ClO5S/c1-3-4-15-12-27(25,26)19(11-22)20(15)18(24)8-5-13(2)9-14-6-7-16(23)10-17(14)21/h6-7,9-10,18-19,22-24H,3-5,8,11-12H2,1-2H3/b13-9+/t18-,19+/m1/s1. The van der Waals surface area contributed by atoms with E-state index in [1.54, 1.807) is 12.1 Å². The molecule has 1 aromatic rings. The Labute approximate surface area is 165 Å². The largest absolute Gasteiger partial charge is 0.508 e. The van der Waals surface area contributed by atoms with Gasteiger partial charge in [0.15, 0.2) is 9.84 Å². The van der Waals surface area contributed by atoms with E-state index in [0.29, 0.717) is 29.9 Å². The molecule has 0 radical (unpaired) electrons. The van der Waals surface area contributed by atoms with Gasteiger partial charge in [0.05, 0.1) is 23.5 Å². The van der Waals surface area contributed by atoms with Gasteiger partial charge in [0, 0.05) is 0 Å². The maximum Gasteiger partial charge on any atom is 0.163 e. The first-order valence-electron chi connectivity index (χ1n) is 9.07. The Morgan fingerprint density at radius 1 is 1.41 bits per heavy atom. The number of sulfone groups is 1. The molecule has 0 saturated heterocycles. The summed E-state index contributed by atoms with van der Waals surface area (Å²) in [5, 5.41) is 29.1. The van der Waals surface area contributed by atoms with E-state index < -0.39 is 27.8 Å². The van der Waals surface area contributed by atoms with Gasteiger partial charge in [-0.3, -0.25) is 0 Å². The number of aliphatic hydroxyl groups excluding tert-OH is 2. The Morgan fingerprint density at radius 3 is 2.70 bits per heavy atom. The lowest BCUT2D eigenvalue weighted by molar-refractivity contribution is 0.188. The van der Waals surface area contributed by atoms with Crippen molar-refractivity contribution in [2.45, 2.75) is 50.9 Å². The normalized spacial score (nSPS) is 20.9. The molecule has 2 atom stereocenters. The molecule has 1 aromatic carbocycles. The van der Waals surface area contributed by atoms with Crippen LogP contribution in [0.25, 0.3) is 6.08 Å². The molecule has 0 aliphatic carbocycles. The lowest BCUT2D eigenvalue weighted by Gasteiger charge is -2.19. The third-order valence-electron chi connectivity index (χ3n) is 4.84. The van der Waals surface area contributed by atoms with E-state index in [1.807, 2.05) is 19.9 Å². The number of halogens is 1. The molecule has 150 valence electrons. The fourth-order valence-electron chi connectivity index (χ4n) is 3.52. The number of phenols is 1. The second kappa shape index (κ2) is 9.24. The minimum Gasteiger partial charge on any atom is -0.508 e. The summed E-state index contributed by atoms with van der Waals surface area (Å²) in [6, 6.07) is 4.73. The summed E-state index contributed by atoms with van der Waals surface area (Å²) >= 11 is 6.11. The number of rotatable bonds is 8. The minimum atomic E-state index is -3.44. The number of phenolic OH excluding ortho intramolecular Hbond substituents is 1. The number of hydrogen-bond acceptors (Lipinski definition) is 5. The van der Waals surface area contributed by atoms with Crippen LogP contribution in [0, 0.1) is 0 Å². The first-order valence-corrected chi connectivity index (χ1v) is 11.2. The summed E-state index contributed by atoms with van der Waals surface area (Å²) in [5.41, 5.74) is 2.96. The minimum absolute atomic E-state index is 0.0730. The second-order valence-corrected chi connectivity index (χ2v) is 9.63. The summed E-state index contributed by atoms with van der Waals surface area (Å²) in [5.74, 6) is 0.0224. The van der Waals surface area contributed by atoms with Crippen LogP contribution in [-0.4, -0.2) is 47.5 Å². The van der Waals surface area contributed by atoms with Crippen LogP contribution in [0.3, 0.4) is 0 Å². The average Bonchev–Trinajstić information content (AvgIpc) is 2.85. The first kappa shape index (κ1) is 22.0. The fraction of sp³-hybridized carbons (Fsp3) is 0.500. The van der Waals surface area contributed by atoms with Crippen molar-refractivity contribution < 1.29 is 23.7 Å². The molecule has 3 N–H and O–H groups in total. The van der Waals surface area contributed by atoms with Gasteiger partial charge in [0.25, 0.3) is 0 Å². The molecule has 0 spiro atoms. The molecule has 0 fully saturated rings. The molecule has 7 heteroatoms. The lowest BCUT2D eigenvalue weighted by atomic mass is 9.93. The van der Waals surface area contributed by atoms with E-state index in [2.05, 4.69) is 0 Å². The Kier molecular flexibility index (Phi) is 7.51. The van der Waals surface area contributed by atoms with Gasteiger partial charge in [-0.05, 0) is 55.5 Å². The highest BCUT2D eigenvalue weighted by Gasteiger charge is 2.40. The van der Waals surface area contributed by atoms with E-state index in [1.165, 1.54) is 6.07 Å². The fourth-order valence-corrected chi connectivity index (χ4v) is 5.68. The molecule has 0 amide bonds. The molecule has 1 aliphatic heterocycles. The second-order valence-electron chi connectivity index (χ2n) is 7.04.